The molecule has 2 atom stereocenters. The van der Waals surface area contributed by atoms with Crippen molar-refractivity contribution < 1.29 is 27.4 Å². The van der Waals surface area contributed by atoms with Crippen molar-refractivity contribution in [1.29, 1.82) is 0 Å². The molecule has 0 saturated heterocycles. The third-order valence-electron chi connectivity index (χ3n) is 4.42. The maximum atomic E-state index is 12.3. The molecule has 2 rings (SSSR count). The minimum absolute atomic E-state index is 0.0742. The Hall–Kier alpha value is -1.96. The number of carbonyl (C=O) groups is 1. The molecule has 0 spiro atoms. The standard InChI is InChI=1S/C20H29F3N2O3/c1-19(2,3)28-18(26)25-16-8-5-7-15(10-11-16)24-13-14-6-4-9-17(12-14)27-20(21,22)23/h4,6,9,12,15-16,24H,5,7-8,10-11,13H2,1-3H3,(H,25,26). The summed E-state index contributed by atoms with van der Waals surface area (Å²) in [4.78, 5) is 11.9. The van der Waals surface area contributed by atoms with Crippen molar-refractivity contribution in [3.05, 3.63) is 29.8 Å². The molecule has 8 heteroatoms. The molecule has 0 bridgehead atoms. The summed E-state index contributed by atoms with van der Waals surface area (Å²) in [5, 5.41) is 6.33. The SMILES string of the molecule is CC(C)(C)OC(=O)NC1CCCC(NCc2cccc(OC(F)(F)F)c2)CC1. The van der Waals surface area contributed by atoms with Gasteiger partial charge >= 0.3 is 12.5 Å². The van der Waals surface area contributed by atoms with Crippen molar-refractivity contribution in [1.82, 2.24) is 10.6 Å². The van der Waals surface area contributed by atoms with Crippen molar-refractivity contribution in [3.63, 3.8) is 0 Å². The quantitative estimate of drug-likeness (QED) is 0.688. The van der Waals surface area contributed by atoms with Crippen LogP contribution in [-0.4, -0.2) is 30.1 Å². The zero-order chi connectivity index (χ0) is 20.8. The molecule has 2 N–H and O–H groups in total. The Kier molecular flexibility index (Phi) is 7.57. The van der Waals surface area contributed by atoms with Crippen LogP contribution in [0.3, 0.4) is 0 Å². The fourth-order valence-corrected chi connectivity index (χ4v) is 3.24. The predicted octanol–water partition coefficient (Wildman–Crippen LogP) is 4.90. The Balaban J connectivity index is 1.79. The average Bonchev–Trinajstić information content (AvgIpc) is 2.75. The third kappa shape index (κ3) is 8.82. The molecule has 1 aliphatic carbocycles. The van der Waals surface area contributed by atoms with E-state index in [2.05, 4.69) is 15.4 Å². The number of ether oxygens (including phenoxy) is 2. The van der Waals surface area contributed by atoms with Gasteiger partial charge in [-0.2, -0.15) is 0 Å². The second kappa shape index (κ2) is 9.49. The summed E-state index contributed by atoms with van der Waals surface area (Å²) >= 11 is 0. The van der Waals surface area contributed by atoms with E-state index < -0.39 is 18.1 Å². The Morgan fingerprint density at radius 3 is 2.46 bits per heavy atom. The van der Waals surface area contributed by atoms with E-state index in [0.29, 0.717) is 6.54 Å². The molecule has 0 aliphatic heterocycles. The van der Waals surface area contributed by atoms with E-state index in [1.54, 1.807) is 12.1 Å². The minimum Gasteiger partial charge on any atom is -0.444 e. The number of alkyl carbamates (subject to hydrolysis) is 1. The molecule has 1 saturated carbocycles. The van der Waals surface area contributed by atoms with Crippen LogP contribution in [0.2, 0.25) is 0 Å². The molecule has 0 heterocycles. The zero-order valence-electron chi connectivity index (χ0n) is 16.6. The molecule has 2 unspecified atom stereocenters. The maximum absolute atomic E-state index is 12.3. The van der Waals surface area contributed by atoms with Gasteiger partial charge in [0.25, 0.3) is 0 Å². The lowest BCUT2D eigenvalue weighted by atomic mass is 10.1. The number of hydrogen-bond donors (Lipinski definition) is 2. The normalized spacial score (nSPS) is 20.9. The van der Waals surface area contributed by atoms with Crippen molar-refractivity contribution in [2.45, 2.75) is 83.5 Å². The molecule has 1 amide bonds. The summed E-state index contributed by atoms with van der Waals surface area (Å²) < 4.78 is 46.3. The lowest BCUT2D eigenvalue weighted by Gasteiger charge is -2.23. The van der Waals surface area contributed by atoms with Gasteiger partial charge in [0.2, 0.25) is 0 Å². The number of halogens is 3. The smallest absolute Gasteiger partial charge is 0.444 e. The number of hydrogen-bond acceptors (Lipinski definition) is 4. The fraction of sp³-hybridized carbons (Fsp3) is 0.650. The van der Waals surface area contributed by atoms with E-state index in [4.69, 9.17) is 4.74 Å². The highest BCUT2D eigenvalue weighted by Gasteiger charge is 2.31. The Morgan fingerprint density at radius 1 is 1.11 bits per heavy atom. The average molecular weight is 402 g/mol. The van der Waals surface area contributed by atoms with Crippen molar-refractivity contribution in [3.8, 4) is 5.75 Å². The molecule has 5 nitrogen and oxygen atoms in total. The van der Waals surface area contributed by atoms with E-state index in [-0.39, 0.29) is 17.8 Å². The molecule has 0 aromatic heterocycles. The first kappa shape index (κ1) is 22.3. The van der Waals surface area contributed by atoms with Crippen molar-refractivity contribution >= 4 is 6.09 Å². The van der Waals surface area contributed by atoms with E-state index in [9.17, 15) is 18.0 Å². The van der Waals surface area contributed by atoms with Gasteiger partial charge in [0, 0.05) is 18.6 Å². The van der Waals surface area contributed by atoms with E-state index in [1.807, 2.05) is 20.8 Å². The molecule has 1 aliphatic rings. The zero-order valence-corrected chi connectivity index (χ0v) is 16.6. The van der Waals surface area contributed by atoms with Crippen LogP contribution in [0, 0.1) is 0 Å². The van der Waals surface area contributed by atoms with E-state index in [1.165, 1.54) is 12.1 Å². The number of carbonyl (C=O) groups excluding carboxylic acids is 1. The maximum Gasteiger partial charge on any atom is 0.573 e. The topological polar surface area (TPSA) is 59.6 Å². The lowest BCUT2D eigenvalue weighted by Crippen LogP contribution is -2.39. The number of nitrogens with one attached hydrogen (secondary N) is 2. The first-order valence-corrected chi connectivity index (χ1v) is 9.58. The lowest BCUT2D eigenvalue weighted by molar-refractivity contribution is -0.274. The third-order valence-corrected chi connectivity index (χ3v) is 4.42. The largest absolute Gasteiger partial charge is 0.573 e. The van der Waals surface area contributed by atoms with Gasteiger partial charge in [-0.1, -0.05) is 12.1 Å². The van der Waals surface area contributed by atoms with Crippen LogP contribution in [-0.2, 0) is 11.3 Å². The van der Waals surface area contributed by atoms with Crippen LogP contribution in [0.4, 0.5) is 18.0 Å². The minimum atomic E-state index is -4.69. The molecule has 1 fully saturated rings. The molecule has 1 aromatic rings. The molecule has 0 radical (unpaired) electrons. The van der Waals surface area contributed by atoms with Crippen LogP contribution in [0.5, 0.6) is 5.75 Å². The molecule has 158 valence electrons. The first-order chi connectivity index (χ1) is 13.0. The van der Waals surface area contributed by atoms with Gasteiger partial charge in [-0.25, -0.2) is 4.79 Å². The van der Waals surface area contributed by atoms with Crippen molar-refractivity contribution in [2.75, 3.05) is 0 Å². The highest BCUT2D eigenvalue weighted by atomic mass is 19.4. The number of alkyl halides is 3. The number of rotatable bonds is 5. The summed E-state index contributed by atoms with van der Waals surface area (Å²) in [6.07, 6.45) is -0.602. The fourth-order valence-electron chi connectivity index (χ4n) is 3.24. The van der Waals surface area contributed by atoms with Crippen LogP contribution in [0.1, 0.15) is 58.4 Å². The number of amides is 1. The Labute approximate surface area is 164 Å². The summed E-state index contributed by atoms with van der Waals surface area (Å²) in [6.45, 7) is 5.95. The van der Waals surface area contributed by atoms with Gasteiger partial charge in [0.1, 0.15) is 11.4 Å². The van der Waals surface area contributed by atoms with E-state index >= 15 is 0 Å². The Bertz CT molecular complexity index is 644. The summed E-state index contributed by atoms with van der Waals surface area (Å²) in [6, 6.07) is 6.31. The second-order valence-corrected chi connectivity index (χ2v) is 8.12. The number of benzene rings is 1. The van der Waals surface area contributed by atoms with Crippen LogP contribution >= 0.6 is 0 Å². The van der Waals surface area contributed by atoms with Crippen LogP contribution in [0.15, 0.2) is 24.3 Å². The van der Waals surface area contributed by atoms with Gasteiger partial charge in [-0.3, -0.25) is 0 Å². The second-order valence-electron chi connectivity index (χ2n) is 8.12. The van der Waals surface area contributed by atoms with Gasteiger partial charge in [0.15, 0.2) is 0 Å². The molecular weight excluding hydrogens is 373 g/mol. The first-order valence-electron chi connectivity index (χ1n) is 9.58. The molecule has 1 aromatic carbocycles. The summed E-state index contributed by atoms with van der Waals surface area (Å²) in [7, 11) is 0. The van der Waals surface area contributed by atoms with E-state index in [0.717, 1.165) is 37.7 Å². The predicted molar refractivity (Wildman–Crippen MR) is 100.0 cm³/mol. The van der Waals surface area contributed by atoms with Crippen LogP contribution < -0.4 is 15.4 Å². The summed E-state index contributed by atoms with van der Waals surface area (Å²) in [5.41, 5.74) is 0.206. The van der Waals surface area contributed by atoms with Gasteiger partial charge in [-0.15, -0.1) is 13.2 Å². The highest BCUT2D eigenvalue weighted by Crippen LogP contribution is 2.24. The van der Waals surface area contributed by atoms with Crippen LogP contribution in [0.25, 0.3) is 0 Å². The Morgan fingerprint density at radius 2 is 1.79 bits per heavy atom. The monoisotopic (exact) mass is 402 g/mol. The highest BCUT2D eigenvalue weighted by molar-refractivity contribution is 5.68. The van der Waals surface area contributed by atoms with Gasteiger partial charge in [0.05, 0.1) is 0 Å². The molecule has 28 heavy (non-hydrogen) atoms. The summed E-state index contributed by atoms with van der Waals surface area (Å²) in [5.74, 6) is -0.214. The van der Waals surface area contributed by atoms with Gasteiger partial charge in [-0.05, 0) is 70.6 Å². The van der Waals surface area contributed by atoms with Crippen molar-refractivity contribution in [2.24, 2.45) is 0 Å². The molecular formula is C20H29F3N2O3. The van der Waals surface area contributed by atoms with Gasteiger partial charge < -0.3 is 20.1 Å².